The van der Waals surface area contributed by atoms with Gasteiger partial charge in [0.2, 0.25) is 0 Å². The van der Waals surface area contributed by atoms with Crippen LogP contribution in [0.25, 0.3) is 0 Å². The zero-order valence-electron chi connectivity index (χ0n) is 11.7. The third kappa shape index (κ3) is 2.06. The summed E-state index contributed by atoms with van der Waals surface area (Å²) in [5.74, 6) is 3.31. The summed E-state index contributed by atoms with van der Waals surface area (Å²) in [4.78, 5) is 0. The quantitative estimate of drug-likeness (QED) is 0.642. The topological polar surface area (TPSA) is 9.23 Å². The molecule has 0 aromatic carbocycles. The molecule has 1 unspecified atom stereocenters. The first-order valence-corrected chi connectivity index (χ1v) is 6.73. The molecular formula is C14H26BO. The second kappa shape index (κ2) is 3.76. The maximum absolute atomic E-state index is 5.85. The highest BCUT2D eigenvalue weighted by atomic mass is 16.5. The molecule has 0 aromatic heterocycles. The van der Waals surface area contributed by atoms with Crippen molar-refractivity contribution in [3.63, 3.8) is 0 Å². The molecule has 3 rings (SSSR count). The fraction of sp³-hybridized carbons (Fsp3) is 1.00. The summed E-state index contributed by atoms with van der Waals surface area (Å²) in [5, 5.41) is 0. The van der Waals surface area contributed by atoms with E-state index in [4.69, 9.17) is 4.65 Å². The van der Waals surface area contributed by atoms with Gasteiger partial charge in [-0.2, -0.15) is 0 Å². The Labute approximate surface area is 102 Å². The van der Waals surface area contributed by atoms with Gasteiger partial charge in [-0.25, -0.2) is 0 Å². The van der Waals surface area contributed by atoms with E-state index in [0.717, 1.165) is 17.8 Å². The van der Waals surface area contributed by atoms with Gasteiger partial charge < -0.3 is 4.65 Å². The molecule has 3 saturated carbocycles. The zero-order chi connectivity index (χ0) is 12.1. The largest absolute Gasteiger partial charge is 0.436 e. The standard InChI is InChI=1S/C14H26BO/c1-9-11-7-10(14(11,5)6)8-12(9)15-16-13(2,3)4/h9-12H,7-8H2,1-6H3/t9-,10+,11-,12?/m1/s1. The monoisotopic (exact) mass is 221 g/mol. The summed E-state index contributed by atoms with van der Waals surface area (Å²) in [6.45, 7) is 13.7. The van der Waals surface area contributed by atoms with Crippen molar-refractivity contribution in [2.45, 2.75) is 65.8 Å². The summed E-state index contributed by atoms with van der Waals surface area (Å²) < 4.78 is 5.85. The van der Waals surface area contributed by atoms with Crippen molar-refractivity contribution in [3.05, 3.63) is 0 Å². The molecule has 91 valence electrons. The van der Waals surface area contributed by atoms with Crippen LogP contribution < -0.4 is 0 Å². The summed E-state index contributed by atoms with van der Waals surface area (Å²) in [6.07, 6.45) is 2.79. The maximum Gasteiger partial charge on any atom is 0.296 e. The van der Waals surface area contributed by atoms with Gasteiger partial charge in [0.15, 0.2) is 0 Å². The highest BCUT2D eigenvalue weighted by Crippen LogP contribution is 2.64. The van der Waals surface area contributed by atoms with E-state index in [9.17, 15) is 0 Å². The number of hydrogen-bond donors (Lipinski definition) is 0. The Kier molecular flexibility index (Phi) is 2.94. The summed E-state index contributed by atoms with van der Waals surface area (Å²) in [5.41, 5.74) is 0.558. The molecule has 0 saturated heterocycles. The fourth-order valence-electron chi connectivity index (χ4n) is 3.66. The van der Waals surface area contributed by atoms with E-state index in [-0.39, 0.29) is 5.60 Å². The molecule has 0 aromatic rings. The molecule has 3 aliphatic carbocycles. The van der Waals surface area contributed by atoms with Crippen molar-refractivity contribution in [3.8, 4) is 0 Å². The summed E-state index contributed by atoms with van der Waals surface area (Å²) in [6, 6.07) is 0. The molecule has 3 fully saturated rings. The highest BCUT2D eigenvalue weighted by molar-refractivity contribution is 6.30. The van der Waals surface area contributed by atoms with Gasteiger partial charge in [0.25, 0.3) is 7.48 Å². The van der Waals surface area contributed by atoms with Gasteiger partial charge >= 0.3 is 0 Å². The first kappa shape index (κ1) is 12.5. The minimum Gasteiger partial charge on any atom is -0.436 e. The van der Waals surface area contributed by atoms with Gasteiger partial charge in [0.05, 0.1) is 0 Å². The van der Waals surface area contributed by atoms with Crippen LogP contribution in [-0.2, 0) is 4.65 Å². The number of rotatable bonds is 2. The smallest absolute Gasteiger partial charge is 0.296 e. The van der Waals surface area contributed by atoms with Crippen LogP contribution in [0.2, 0.25) is 5.82 Å². The fourth-order valence-corrected chi connectivity index (χ4v) is 3.66. The van der Waals surface area contributed by atoms with Crippen molar-refractivity contribution in [1.82, 2.24) is 0 Å². The Morgan fingerprint density at radius 2 is 1.81 bits per heavy atom. The van der Waals surface area contributed by atoms with Gasteiger partial charge in [-0.15, -0.1) is 0 Å². The highest BCUT2D eigenvalue weighted by Gasteiger charge is 2.56. The Hall–Kier alpha value is 0.0249. The van der Waals surface area contributed by atoms with Crippen molar-refractivity contribution in [2.75, 3.05) is 0 Å². The normalized spacial score (nSPS) is 41.4. The molecule has 1 nitrogen and oxygen atoms in total. The summed E-state index contributed by atoms with van der Waals surface area (Å²) in [7, 11) is 2.14. The van der Waals surface area contributed by atoms with Crippen molar-refractivity contribution < 1.29 is 4.65 Å². The first-order chi connectivity index (χ1) is 7.22. The zero-order valence-corrected chi connectivity index (χ0v) is 11.7. The van der Waals surface area contributed by atoms with Crippen LogP contribution in [-0.4, -0.2) is 13.1 Å². The van der Waals surface area contributed by atoms with Crippen LogP contribution in [0, 0.1) is 23.2 Å². The minimum absolute atomic E-state index is 0.0309. The first-order valence-electron chi connectivity index (χ1n) is 6.73. The Morgan fingerprint density at radius 3 is 2.25 bits per heavy atom. The van der Waals surface area contributed by atoms with Gasteiger partial charge in [0, 0.05) is 5.60 Å². The maximum atomic E-state index is 5.85. The molecule has 0 amide bonds. The third-order valence-corrected chi connectivity index (χ3v) is 5.01. The lowest BCUT2D eigenvalue weighted by Crippen LogP contribution is -2.54. The van der Waals surface area contributed by atoms with Gasteiger partial charge in [-0.3, -0.25) is 0 Å². The number of fused-ring (bicyclic) bond motifs is 2. The van der Waals surface area contributed by atoms with Crippen LogP contribution >= 0.6 is 0 Å². The minimum atomic E-state index is -0.0309. The van der Waals surface area contributed by atoms with Crippen LogP contribution in [0.3, 0.4) is 0 Å². The van der Waals surface area contributed by atoms with Crippen molar-refractivity contribution >= 4 is 7.48 Å². The van der Waals surface area contributed by atoms with E-state index in [0.29, 0.717) is 11.2 Å². The lowest BCUT2D eigenvalue weighted by Gasteiger charge is -2.62. The Bertz CT molecular complexity index is 266. The molecule has 16 heavy (non-hydrogen) atoms. The molecule has 0 heterocycles. The van der Waals surface area contributed by atoms with Crippen LogP contribution in [0.1, 0.15) is 54.4 Å². The second-order valence-corrected chi connectivity index (χ2v) is 7.49. The van der Waals surface area contributed by atoms with E-state index in [1.54, 1.807) is 0 Å². The van der Waals surface area contributed by atoms with E-state index < -0.39 is 0 Å². The average molecular weight is 221 g/mol. The van der Waals surface area contributed by atoms with Crippen molar-refractivity contribution in [2.24, 2.45) is 23.2 Å². The molecule has 4 atom stereocenters. The molecule has 2 heteroatoms. The molecule has 0 aliphatic heterocycles. The third-order valence-electron chi connectivity index (χ3n) is 5.01. The molecule has 2 bridgehead atoms. The van der Waals surface area contributed by atoms with Gasteiger partial charge in [0.1, 0.15) is 0 Å². The van der Waals surface area contributed by atoms with E-state index in [2.05, 4.69) is 49.0 Å². The molecule has 1 radical (unpaired) electrons. The van der Waals surface area contributed by atoms with E-state index in [1.165, 1.54) is 12.8 Å². The SMILES string of the molecule is C[C@H]1C([B]OC(C)(C)C)C[C@@H]2C[C@H]1C2(C)C. The number of hydrogen-bond acceptors (Lipinski definition) is 1. The van der Waals surface area contributed by atoms with Crippen LogP contribution in [0.4, 0.5) is 0 Å². The van der Waals surface area contributed by atoms with E-state index in [1.807, 2.05) is 0 Å². The van der Waals surface area contributed by atoms with Crippen LogP contribution in [0.15, 0.2) is 0 Å². The predicted octanol–water partition coefficient (Wildman–Crippen LogP) is 3.91. The predicted molar refractivity (Wildman–Crippen MR) is 69.5 cm³/mol. The van der Waals surface area contributed by atoms with Crippen molar-refractivity contribution in [1.29, 1.82) is 0 Å². The second-order valence-electron chi connectivity index (χ2n) is 7.49. The lowest BCUT2D eigenvalue weighted by molar-refractivity contribution is -0.101. The lowest BCUT2D eigenvalue weighted by atomic mass is 9.40. The summed E-state index contributed by atoms with van der Waals surface area (Å²) >= 11 is 0. The van der Waals surface area contributed by atoms with Crippen LogP contribution in [0.5, 0.6) is 0 Å². The molecule has 0 spiro atoms. The Balaban J connectivity index is 1.91. The average Bonchev–Trinajstić information content (AvgIpc) is 2.13. The molecule has 3 aliphatic rings. The van der Waals surface area contributed by atoms with Gasteiger partial charge in [-0.1, -0.05) is 27.2 Å². The molecular weight excluding hydrogens is 195 g/mol. The van der Waals surface area contributed by atoms with E-state index >= 15 is 0 Å². The van der Waals surface area contributed by atoms with Gasteiger partial charge in [-0.05, 0) is 56.2 Å². The Morgan fingerprint density at radius 1 is 1.19 bits per heavy atom. The molecule has 0 N–H and O–H groups in total.